The summed E-state index contributed by atoms with van der Waals surface area (Å²) in [7, 11) is 0. The second-order valence-corrected chi connectivity index (χ2v) is 5.78. The van der Waals surface area contributed by atoms with Gasteiger partial charge in [0.15, 0.2) is 0 Å². The van der Waals surface area contributed by atoms with Crippen molar-refractivity contribution in [1.29, 1.82) is 0 Å². The molecule has 0 aliphatic heterocycles. The van der Waals surface area contributed by atoms with Gasteiger partial charge in [0.1, 0.15) is 18.2 Å². The van der Waals surface area contributed by atoms with Gasteiger partial charge in [0.25, 0.3) is 0 Å². The third-order valence-corrected chi connectivity index (χ3v) is 3.60. The predicted molar refractivity (Wildman–Crippen MR) is 84.5 cm³/mol. The van der Waals surface area contributed by atoms with Crippen molar-refractivity contribution in [2.45, 2.75) is 26.0 Å². The molecule has 0 aromatic heterocycles. The molecule has 0 heterocycles. The van der Waals surface area contributed by atoms with Crippen LogP contribution in [0.4, 0.5) is 4.39 Å². The van der Waals surface area contributed by atoms with E-state index in [1.54, 1.807) is 12.1 Å². The van der Waals surface area contributed by atoms with Crippen molar-refractivity contribution in [2.24, 2.45) is 5.73 Å². The van der Waals surface area contributed by atoms with E-state index >= 15 is 0 Å². The lowest BCUT2D eigenvalue weighted by Gasteiger charge is -2.11. The number of benzene rings is 2. The van der Waals surface area contributed by atoms with E-state index in [-0.39, 0.29) is 18.5 Å². The van der Waals surface area contributed by atoms with Gasteiger partial charge in [-0.1, -0.05) is 35.3 Å². The van der Waals surface area contributed by atoms with Crippen molar-refractivity contribution in [2.75, 3.05) is 0 Å². The SMILES string of the molecule is CC(N)Cc1ccc(OCc2ccc(F)cc2Cl)c(Cl)c1. The highest BCUT2D eigenvalue weighted by atomic mass is 35.5. The van der Waals surface area contributed by atoms with Gasteiger partial charge in [-0.15, -0.1) is 0 Å². The Kier molecular flexibility index (Phi) is 5.45. The average Bonchev–Trinajstić information content (AvgIpc) is 2.39. The summed E-state index contributed by atoms with van der Waals surface area (Å²) in [4.78, 5) is 0. The first-order chi connectivity index (χ1) is 9.95. The van der Waals surface area contributed by atoms with Gasteiger partial charge in [-0.3, -0.25) is 0 Å². The van der Waals surface area contributed by atoms with Crippen LogP contribution in [0, 0.1) is 5.82 Å². The van der Waals surface area contributed by atoms with Crippen LogP contribution in [0.25, 0.3) is 0 Å². The summed E-state index contributed by atoms with van der Waals surface area (Å²) in [6, 6.07) is 9.84. The molecule has 2 nitrogen and oxygen atoms in total. The number of ether oxygens (including phenoxy) is 1. The van der Waals surface area contributed by atoms with Crippen molar-refractivity contribution in [3.63, 3.8) is 0 Å². The molecule has 1 atom stereocenters. The molecule has 0 bridgehead atoms. The Balaban J connectivity index is 2.06. The molecule has 0 saturated carbocycles. The molecule has 0 aliphatic rings. The molecule has 2 rings (SSSR count). The standard InChI is InChI=1S/C16H16Cl2FNO/c1-10(20)6-11-2-5-16(15(18)7-11)21-9-12-3-4-13(19)8-14(12)17/h2-5,7-8,10H,6,9,20H2,1H3. The first kappa shape index (κ1) is 16.1. The van der Waals surface area contributed by atoms with Crippen LogP contribution in [0.5, 0.6) is 5.75 Å². The van der Waals surface area contributed by atoms with Crippen LogP contribution in [0.3, 0.4) is 0 Å². The fourth-order valence-corrected chi connectivity index (χ4v) is 2.43. The van der Waals surface area contributed by atoms with Crippen molar-refractivity contribution in [1.82, 2.24) is 0 Å². The summed E-state index contributed by atoms with van der Waals surface area (Å²) in [6.45, 7) is 2.17. The van der Waals surface area contributed by atoms with Crippen LogP contribution in [0.1, 0.15) is 18.1 Å². The summed E-state index contributed by atoms with van der Waals surface area (Å²) in [6.07, 6.45) is 0.754. The highest BCUT2D eigenvalue weighted by Crippen LogP contribution is 2.27. The maximum absolute atomic E-state index is 13.0. The van der Waals surface area contributed by atoms with Gasteiger partial charge in [0, 0.05) is 11.6 Å². The van der Waals surface area contributed by atoms with Gasteiger partial charge in [-0.2, -0.15) is 0 Å². The van der Waals surface area contributed by atoms with Crippen LogP contribution in [0.15, 0.2) is 36.4 Å². The lowest BCUT2D eigenvalue weighted by molar-refractivity contribution is 0.306. The second-order valence-electron chi connectivity index (χ2n) is 4.97. The molecule has 2 aromatic carbocycles. The predicted octanol–water partition coefficient (Wildman–Crippen LogP) is 4.60. The second kappa shape index (κ2) is 7.12. The Morgan fingerprint density at radius 3 is 2.52 bits per heavy atom. The summed E-state index contributed by atoms with van der Waals surface area (Å²) in [5, 5.41) is 0.853. The smallest absolute Gasteiger partial charge is 0.138 e. The van der Waals surface area contributed by atoms with E-state index < -0.39 is 0 Å². The minimum Gasteiger partial charge on any atom is -0.487 e. The average molecular weight is 328 g/mol. The molecule has 1 unspecified atom stereocenters. The fourth-order valence-electron chi connectivity index (χ4n) is 1.95. The molecule has 112 valence electrons. The number of rotatable bonds is 5. The number of hydrogen-bond donors (Lipinski definition) is 1. The minimum absolute atomic E-state index is 0.0749. The molecule has 0 radical (unpaired) electrons. The molecule has 0 fully saturated rings. The quantitative estimate of drug-likeness (QED) is 0.870. The van der Waals surface area contributed by atoms with Gasteiger partial charge in [-0.25, -0.2) is 4.39 Å². The summed E-state index contributed by atoms with van der Waals surface area (Å²) in [5.74, 6) is 0.188. The highest BCUT2D eigenvalue weighted by molar-refractivity contribution is 6.32. The molecular weight excluding hydrogens is 312 g/mol. The Hall–Kier alpha value is -1.29. The van der Waals surface area contributed by atoms with Crippen LogP contribution in [-0.4, -0.2) is 6.04 Å². The van der Waals surface area contributed by atoms with Crippen LogP contribution in [-0.2, 0) is 13.0 Å². The molecule has 2 N–H and O–H groups in total. The molecule has 5 heteroatoms. The van der Waals surface area contributed by atoms with E-state index in [2.05, 4.69) is 0 Å². The largest absolute Gasteiger partial charge is 0.487 e. The molecule has 0 spiro atoms. The number of nitrogens with two attached hydrogens (primary N) is 1. The van der Waals surface area contributed by atoms with Crippen molar-refractivity contribution >= 4 is 23.2 Å². The molecule has 21 heavy (non-hydrogen) atoms. The van der Waals surface area contributed by atoms with Crippen molar-refractivity contribution in [3.8, 4) is 5.75 Å². The zero-order chi connectivity index (χ0) is 15.4. The van der Waals surface area contributed by atoms with Gasteiger partial charge >= 0.3 is 0 Å². The highest BCUT2D eigenvalue weighted by Gasteiger charge is 2.07. The molecule has 0 aliphatic carbocycles. The summed E-state index contributed by atoms with van der Waals surface area (Å²) < 4.78 is 18.6. The summed E-state index contributed by atoms with van der Waals surface area (Å²) >= 11 is 12.1. The van der Waals surface area contributed by atoms with Crippen LogP contribution in [0.2, 0.25) is 10.0 Å². The van der Waals surface area contributed by atoms with E-state index in [0.29, 0.717) is 21.4 Å². The van der Waals surface area contributed by atoms with E-state index in [4.69, 9.17) is 33.7 Å². The van der Waals surface area contributed by atoms with E-state index in [1.165, 1.54) is 12.1 Å². The van der Waals surface area contributed by atoms with Gasteiger partial charge in [0.05, 0.1) is 10.0 Å². The Bertz CT molecular complexity index is 632. The molecule has 2 aromatic rings. The van der Waals surface area contributed by atoms with Crippen LogP contribution >= 0.6 is 23.2 Å². The maximum Gasteiger partial charge on any atom is 0.138 e. The monoisotopic (exact) mass is 327 g/mol. The minimum atomic E-state index is -0.373. The topological polar surface area (TPSA) is 35.2 Å². The molecular formula is C16H16Cl2FNO. The fraction of sp³-hybridized carbons (Fsp3) is 0.250. The van der Waals surface area contributed by atoms with Crippen molar-refractivity contribution in [3.05, 3.63) is 63.4 Å². The van der Waals surface area contributed by atoms with Gasteiger partial charge in [-0.05, 0) is 43.2 Å². The van der Waals surface area contributed by atoms with E-state index in [1.807, 2.05) is 19.1 Å². The van der Waals surface area contributed by atoms with Crippen LogP contribution < -0.4 is 10.5 Å². The third kappa shape index (κ3) is 4.60. The Morgan fingerprint density at radius 1 is 1.14 bits per heavy atom. The normalized spacial score (nSPS) is 12.2. The van der Waals surface area contributed by atoms with Gasteiger partial charge in [0.2, 0.25) is 0 Å². The number of halogens is 3. The Morgan fingerprint density at radius 2 is 1.90 bits per heavy atom. The third-order valence-electron chi connectivity index (χ3n) is 2.95. The van der Waals surface area contributed by atoms with E-state index in [9.17, 15) is 4.39 Å². The zero-order valence-electron chi connectivity index (χ0n) is 11.6. The maximum atomic E-state index is 13.0. The summed E-state index contributed by atoms with van der Waals surface area (Å²) in [5.41, 5.74) is 7.52. The van der Waals surface area contributed by atoms with Gasteiger partial charge < -0.3 is 10.5 Å². The van der Waals surface area contributed by atoms with E-state index in [0.717, 1.165) is 12.0 Å². The lowest BCUT2D eigenvalue weighted by atomic mass is 10.1. The molecule has 0 saturated heterocycles. The zero-order valence-corrected chi connectivity index (χ0v) is 13.1. The van der Waals surface area contributed by atoms with Crippen molar-refractivity contribution < 1.29 is 9.13 Å². The molecule has 0 amide bonds. The number of hydrogen-bond acceptors (Lipinski definition) is 2. The first-order valence-electron chi connectivity index (χ1n) is 6.56. The Labute approximate surface area is 133 Å². The first-order valence-corrected chi connectivity index (χ1v) is 7.32. The lowest BCUT2D eigenvalue weighted by Crippen LogP contribution is -2.17.